The second kappa shape index (κ2) is 6.98. The summed E-state index contributed by atoms with van der Waals surface area (Å²) in [4.78, 5) is 35.8. The Labute approximate surface area is 190 Å². The Morgan fingerprint density at radius 2 is 2.09 bits per heavy atom. The van der Waals surface area contributed by atoms with Crippen molar-refractivity contribution in [2.75, 3.05) is 41.7 Å². The monoisotopic (exact) mass is 446 g/mol. The molecule has 3 aromatic rings. The molecule has 2 fully saturated rings. The Balaban J connectivity index is 1.26. The van der Waals surface area contributed by atoms with E-state index in [4.69, 9.17) is 4.98 Å². The van der Waals surface area contributed by atoms with Gasteiger partial charge in [0.2, 0.25) is 11.9 Å². The molecule has 0 bridgehead atoms. The van der Waals surface area contributed by atoms with Gasteiger partial charge in [-0.1, -0.05) is 6.07 Å². The molecule has 2 saturated heterocycles. The van der Waals surface area contributed by atoms with E-state index in [1.54, 1.807) is 16.9 Å². The summed E-state index contributed by atoms with van der Waals surface area (Å²) in [6.45, 7) is 6.76. The lowest BCUT2D eigenvalue weighted by Gasteiger charge is -2.33. The van der Waals surface area contributed by atoms with Gasteiger partial charge in [0, 0.05) is 55.2 Å². The number of ketones is 1. The van der Waals surface area contributed by atoms with E-state index < -0.39 is 5.41 Å². The quantitative estimate of drug-likeness (QED) is 0.558. The number of anilines is 4. The standard InChI is InChI=1S/C23H26N8O2/c1-22(2)16-4-3-14(9-17(16)27-20(22)33)26-21-28-19-18(25-6-8-31(19)29-21)30-7-5-23(13-30)10-15(32)11-24-12-23/h3-4,6,8-9,24H,5,7,10-13H2,1-2H3,(H,26,29)(H,27,33). The Morgan fingerprint density at radius 1 is 1.21 bits per heavy atom. The molecule has 1 atom stereocenters. The number of Topliss-reactive ketones (excluding diaryl/α,β-unsaturated/α-hetero) is 1. The Morgan fingerprint density at radius 3 is 2.94 bits per heavy atom. The van der Waals surface area contributed by atoms with Gasteiger partial charge < -0.3 is 20.9 Å². The lowest BCUT2D eigenvalue weighted by Crippen LogP contribution is -2.46. The zero-order valence-electron chi connectivity index (χ0n) is 18.7. The van der Waals surface area contributed by atoms with Crippen LogP contribution in [0.5, 0.6) is 0 Å². The van der Waals surface area contributed by atoms with Crippen LogP contribution in [0.3, 0.4) is 0 Å². The first-order valence-electron chi connectivity index (χ1n) is 11.2. The minimum Gasteiger partial charge on any atom is -0.353 e. The fourth-order valence-corrected chi connectivity index (χ4v) is 5.30. The molecule has 3 aliphatic heterocycles. The van der Waals surface area contributed by atoms with Crippen LogP contribution in [0.4, 0.5) is 23.1 Å². The number of fused-ring (bicyclic) bond motifs is 2. The number of benzene rings is 1. The summed E-state index contributed by atoms with van der Waals surface area (Å²) in [5.74, 6) is 1.50. The van der Waals surface area contributed by atoms with Crippen LogP contribution in [0.25, 0.3) is 5.65 Å². The number of hydrogen-bond donors (Lipinski definition) is 3. The van der Waals surface area contributed by atoms with Crippen molar-refractivity contribution in [3.05, 3.63) is 36.2 Å². The molecule has 3 N–H and O–H groups in total. The normalized spacial score (nSPS) is 23.9. The number of nitrogens with one attached hydrogen (secondary N) is 3. The van der Waals surface area contributed by atoms with E-state index in [-0.39, 0.29) is 17.1 Å². The van der Waals surface area contributed by atoms with Crippen LogP contribution in [0.2, 0.25) is 0 Å². The minimum absolute atomic E-state index is 0.00512. The largest absolute Gasteiger partial charge is 0.353 e. The van der Waals surface area contributed by atoms with Gasteiger partial charge in [0.1, 0.15) is 5.78 Å². The Kier molecular flexibility index (Phi) is 4.25. The number of carbonyl (C=O) groups is 2. The third-order valence-corrected chi connectivity index (χ3v) is 7.13. The summed E-state index contributed by atoms with van der Waals surface area (Å²) in [5.41, 5.74) is 2.67. The molecule has 1 aromatic carbocycles. The van der Waals surface area contributed by atoms with Crippen LogP contribution >= 0.6 is 0 Å². The number of nitrogens with zero attached hydrogens (tertiary/aromatic N) is 5. The molecule has 33 heavy (non-hydrogen) atoms. The molecule has 1 unspecified atom stereocenters. The zero-order chi connectivity index (χ0) is 22.8. The number of carbonyl (C=O) groups excluding carboxylic acids is 2. The van der Waals surface area contributed by atoms with Crippen molar-refractivity contribution in [2.24, 2.45) is 5.41 Å². The Bertz CT molecular complexity index is 1300. The van der Waals surface area contributed by atoms with Gasteiger partial charge in [0.25, 0.3) is 0 Å². The highest BCUT2D eigenvalue weighted by atomic mass is 16.2. The molecule has 2 aromatic heterocycles. The first kappa shape index (κ1) is 20.1. The van der Waals surface area contributed by atoms with E-state index in [2.05, 4.69) is 30.9 Å². The van der Waals surface area contributed by atoms with Crippen molar-refractivity contribution in [1.29, 1.82) is 0 Å². The summed E-state index contributed by atoms with van der Waals surface area (Å²) in [6, 6.07) is 5.80. The zero-order valence-corrected chi connectivity index (χ0v) is 18.7. The molecule has 0 saturated carbocycles. The number of hydrogen-bond acceptors (Lipinski definition) is 8. The molecule has 0 radical (unpaired) electrons. The second-order valence-electron chi connectivity index (χ2n) is 9.91. The average Bonchev–Trinajstić information content (AvgIpc) is 3.42. The number of rotatable bonds is 3. The predicted octanol–water partition coefficient (Wildman–Crippen LogP) is 1.86. The lowest BCUT2D eigenvalue weighted by atomic mass is 9.79. The SMILES string of the molecule is CC1(C)C(=O)Nc2cc(Nc3nc4c(N5CCC6(CNCC(=O)C6)C5)nccn4n3)ccc21. The van der Waals surface area contributed by atoms with Gasteiger partial charge in [-0.3, -0.25) is 9.59 Å². The number of aromatic nitrogens is 4. The summed E-state index contributed by atoms with van der Waals surface area (Å²) in [5, 5.41) is 14.0. The molecule has 0 aliphatic carbocycles. The first-order valence-corrected chi connectivity index (χ1v) is 11.2. The highest BCUT2D eigenvalue weighted by Gasteiger charge is 2.42. The molecular formula is C23H26N8O2. The van der Waals surface area contributed by atoms with Gasteiger partial charge in [-0.15, -0.1) is 5.10 Å². The van der Waals surface area contributed by atoms with Gasteiger partial charge in [-0.25, -0.2) is 9.50 Å². The van der Waals surface area contributed by atoms with Crippen LogP contribution in [-0.4, -0.2) is 57.5 Å². The molecule has 10 nitrogen and oxygen atoms in total. The van der Waals surface area contributed by atoms with E-state index >= 15 is 0 Å². The maximum Gasteiger partial charge on any atom is 0.247 e. The third-order valence-electron chi connectivity index (χ3n) is 7.13. The average molecular weight is 447 g/mol. The fourth-order valence-electron chi connectivity index (χ4n) is 5.30. The number of piperidine rings is 1. The van der Waals surface area contributed by atoms with Crippen molar-refractivity contribution < 1.29 is 9.59 Å². The van der Waals surface area contributed by atoms with Crippen LogP contribution < -0.4 is 20.9 Å². The van der Waals surface area contributed by atoms with E-state index in [1.165, 1.54) is 0 Å². The molecule has 10 heteroatoms. The maximum absolute atomic E-state index is 12.2. The molecule has 5 heterocycles. The van der Waals surface area contributed by atoms with Gasteiger partial charge in [-0.05, 0) is 38.0 Å². The maximum atomic E-state index is 12.2. The smallest absolute Gasteiger partial charge is 0.247 e. The molecule has 1 spiro atoms. The van der Waals surface area contributed by atoms with Gasteiger partial charge >= 0.3 is 0 Å². The predicted molar refractivity (Wildman–Crippen MR) is 124 cm³/mol. The van der Waals surface area contributed by atoms with Crippen molar-refractivity contribution in [3.8, 4) is 0 Å². The van der Waals surface area contributed by atoms with Gasteiger partial charge in [0.05, 0.1) is 12.0 Å². The van der Waals surface area contributed by atoms with E-state index in [9.17, 15) is 9.59 Å². The minimum atomic E-state index is -0.540. The van der Waals surface area contributed by atoms with Crippen LogP contribution in [0, 0.1) is 5.41 Å². The van der Waals surface area contributed by atoms with Crippen molar-refractivity contribution >= 4 is 40.5 Å². The van der Waals surface area contributed by atoms with E-state index in [1.807, 2.05) is 32.0 Å². The highest BCUT2D eigenvalue weighted by molar-refractivity contribution is 6.06. The highest BCUT2D eigenvalue weighted by Crippen LogP contribution is 2.40. The van der Waals surface area contributed by atoms with Crippen molar-refractivity contribution in [3.63, 3.8) is 0 Å². The summed E-state index contributed by atoms with van der Waals surface area (Å²) in [6.07, 6.45) is 5.07. The fraction of sp³-hybridized carbons (Fsp3) is 0.435. The third kappa shape index (κ3) is 3.24. The molecule has 170 valence electrons. The van der Waals surface area contributed by atoms with Crippen molar-refractivity contribution in [2.45, 2.75) is 32.1 Å². The van der Waals surface area contributed by atoms with E-state index in [0.717, 1.165) is 48.8 Å². The van der Waals surface area contributed by atoms with Gasteiger partial charge in [-0.2, -0.15) is 4.98 Å². The second-order valence-corrected chi connectivity index (χ2v) is 9.91. The molecular weight excluding hydrogens is 420 g/mol. The van der Waals surface area contributed by atoms with Crippen LogP contribution in [-0.2, 0) is 15.0 Å². The van der Waals surface area contributed by atoms with Crippen LogP contribution in [0.15, 0.2) is 30.6 Å². The lowest BCUT2D eigenvalue weighted by molar-refractivity contribution is -0.122. The van der Waals surface area contributed by atoms with Crippen molar-refractivity contribution in [1.82, 2.24) is 24.9 Å². The topological polar surface area (TPSA) is 117 Å². The van der Waals surface area contributed by atoms with Crippen LogP contribution in [0.1, 0.15) is 32.3 Å². The van der Waals surface area contributed by atoms with E-state index in [0.29, 0.717) is 24.6 Å². The first-order chi connectivity index (χ1) is 15.8. The molecule has 6 rings (SSSR count). The summed E-state index contributed by atoms with van der Waals surface area (Å²) in [7, 11) is 0. The molecule has 1 amide bonds. The van der Waals surface area contributed by atoms with Gasteiger partial charge in [0.15, 0.2) is 11.5 Å². The summed E-state index contributed by atoms with van der Waals surface area (Å²) >= 11 is 0. The number of amides is 1. The summed E-state index contributed by atoms with van der Waals surface area (Å²) < 4.78 is 1.72. The Hall–Kier alpha value is -3.53. The molecule has 3 aliphatic rings.